The number of amides is 1. The van der Waals surface area contributed by atoms with E-state index in [1.165, 1.54) is 6.20 Å². The summed E-state index contributed by atoms with van der Waals surface area (Å²) in [5.74, 6) is -0.203. The van der Waals surface area contributed by atoms with Crippen LogP contribution >= 0.6 is 0 Å². The summed E-state index contributed by atoms with van der Waals surface area (Å²) < 4.78 is 0. The van der Waals surface area contributed by atoms with Crippen molar-refractivity contribution < 1.29 is 4.79 Å². The van der Waals surface area contributed by atoms with Gasteiger partial charge in [-0.15, -0.1) is 0 Å². The number of H-pyrrole nitrogens is 1. The molecule has 28 heavy (non-hydrogen) atoms. The van der Waals surface area contributed by atoms with Crippen LogP contribution in [-0.4, -0.2) is 15.9 Å². The second-order valence-electron chi connectivity index (χ2n) is 6.68. The summed E-state index contributed by atoms with van der Waals surface area (Å²) in [6, 6.07) is 20.6. The number of aryl methyl sites for hydroxylation is 1. The van der Waals surface area contributed by atoms with Crippen LogP contribution in [-0.2, 0) is 6.54 Å². The molecule has 4 aromatic rings. The van der Waals surface area contributed by atoms with Gasteiger partial charge in [0.1, 0.15) is 0 Å². The van der Waals surface area contributed by atoms with Crippen LogP contribution in [0, 0.1) is 6.92 Å². The second kappa shape index (κ2) is 7.48. The van der Waals surface area contributed by atoms with E-state index in [2.05, 4.69) is 9.97 Å². The van der Waals surface area contributed by atoms with Crippen molar-refractivity contribution in [2.45, 2.75) is 13.5 Å². The van der Waals surface area contributed by atoms with Crippen LogP contribution in [0.25, 0.3) is 10.9 Å². The summed E-state index contributed by atoms with van der Waals surface area (Å²) in [5, 5.41) is 0.926. The third-order valence-electron chi connectivity index (χ3n) is 4.63. The molecule has 2 aromatic carbocycles. The molecule has 0 unspecified atom stereocenters. The van der Waals surface area contributed by atoms with Gasteiger partial charge in [0.2, 0.25) is 0 Å². The Morgan fingerprint density at radius 1 is 1.04 bits per heavy atom. The third-order valence-corrected chi connectivity index (χ3v) is 4.63. The van der Waals surface area contributed by atoms with E-state index in [4.69, 9.17) is 0 Å². The highest BCUT2D eigenvalue weighted by molar-refractivity contribution is 6.05. The van der Waals surface area contributed by atoms with Crippen molar-refractivity contribution >= 4 is 22.5 Å². The van der Waals surface area contributed by atoms with E-state index >= 15 is 0 Å². The molecule has 0 spiro atoms. The molecule has 2 aromatic heterocycles. The predicted molar refractivity (Wildman–Crippen MR) is 110 cm³/mol. The van der Waals surface area contributed by atoms with Crippen molar-refractivity contribution in [2.24, 2.45) is 0 Å². The summed E-state index contributed by atoms with van der Waals surface area (Å²) in [7, 11) is 0. The predicted octanol–water partition coefficient (Wildman–Crippen LogP) is 4.08. The van der Waals surface area contributed by atoms with E-state index in [-0.39, 0.29) is 18.0 Å². The van der Waals surface area contributed by atoms with Gasteiger partial charge in [0.25, 0.3) is 11.5 Å². The highest BCUT2D eigenvalue weighted by Crippen LogP contribution is 2.21. The molecule has 5 heteroatoms. The van der Waals surface area contributed by atoms with Crippen LogP contribution in [0.5, 0.6) is 0 Å². The minimum atomic E-state index is -0.203. The first-order valence-corrected chi connectivity index (χ1v) is 9.01. The van der Waals surface area contributed by atoms with Crippen molar-refractivity contribution in [3.05, 3.63) is 106 Å². The minimum absolute atomic E-state index is 0.164. The van der Waals surface area contributed by atoms with Gasteiger partial charge in [-0.25, -0.2) is 0 Å². The van der Waals surface area contributed by atoms with Gasteiger partial charge in [0, 0.05) is 29.2 Å². The molecule has 1 amide bonds. The molecule has 0 saturated carbocycles. The van der Waals surface area contributed by atoms with E-state index in [1.807, 2.05) is 61.5 Å². The van der Waals surface area contributed by atoms with Crippen LogP contribution in [0.3, 0.4) is 0 Å². The van der Waals surface area contributed by atoms with Gasteiger partial charge in [-0.2, -0.15) is 0 Å². The molecule has 0 aliphatic rings. The number of anilines is 1. The first-order chi connectivity index (χ1) is 13.6. The average molecular weight is 369 g/mol. The highest BCUT2D eigenvalue weighted by Gasteiger charge is 2.20. The summed E-state index contributed by atoms with van der Waals surface area (Å²) in [6.07, 6.45) is 3.16. The Balaban J connectivity index is 1.79. The Morgan fingerprint density at radius 3 is 2.68 bits per heavy atom. The molecule has 0 saturated heterocycles. The van der Waals surface area contributed by atoms with Crippen LogP contribution in [0.2, 0.25) is 0 Å². The van der Waals surface area contributed by atoms with Gasteiger partial charge in [0.05, 0.1) is 12.1 Å². The second-order valence-corrected chi connectivity index (χ2v) is 6.68. The Morgan fingerprint density at radius 2 is 1.89 bits per heavy atom. The van der Waals surface area contributed by atoms with Crippen molar-refractivity contribution in [1.29, 1.82) is 0 Å². The monoisotopic (exact) mass is 369 g/mol. The molecule has 0 fully saturated rings. The Bertz CT molecular complexity index is 1200. The average Bonchev–Trinajstić information content (AvgIpc) is 2.72. The Hall–Kier alpha value is -3.73. The molecule has 4 rings (SSSR count). The zero-order chi connectivity index (χ0) is 19.5. The van der Waals surface area contributed by atoms with Gasteiger partial charge < -0.3 is 9.88 Å². The van der Waals surface area contributed by atoms with Crippen molar-refractivity contribution in [1.82, 2.24) is 9.97 Å². The number of benzene rings is 2. The number of hydrogen-bond acceptors (Lipinski definition) is 3. The first-order valence-electron chi connectivity index (χ1n) is 9.01. The SMILES string of the molecule is Cc1cccc(N(Cc2cc3ccccc3[nH]c2=O)C(=O)c2cccnc2)c1. The molecule has 0 radical (unpaired) electrons. The van der Waals surface area contributed by atoms with Gasteiger partial charge in [-0.05, 0) is 54.3 Å². The topological polar surface area (TPSA) is 66.1 Å². The number of aromatic amines is 1. The van der Waals surface area contributed by atoms with Gasteiger partial charge in [-0.3, -0.25) is 14.6 Å². The van der Waals surface area contributed by atoms with Crippen LogP contribution in [0.15, 0.2) is 83.9 Å². The maximum atomic E-state index is 13.2. The Labute approximate surface area is 162 Å². The summed E-state index contributed by atoms with van der Waals surface area (Å²) in [4.78, 5) is 34.4. The summed E-state index contributed by atoms with van der Waals surface area (Å²) in [5.41, 5.74) is 3.35. The maximum absolute atomic E-state index is 13.2. The third kappa shape index (κ3) is 3.55. The van der Waals surface area contributed by atoms with Crippen LogP contribution in [0.1, 0.15) is 21.5 Å². The quantitative estimate of drug-likeness (QED) is 0.589. The zero-order valence-corrected chi connectivity index (χ0v) is 15.4. The minimum Gasteiger partial charge on any atom is -0.322 e. The molecule has 0 atom stereocenters. The molecule has 138 valence electrons. The van der Waals surface area contributed by atoms with Crippen molar-refractivity contribution in [3.8, 4) is 0 Å². The van der Waals surface area contributed by atoms with E-state index in [0.717, 1.165) is 22.2 Å². The largest absolute Gasteiger partial charge is 0.322 e. The standard InChI is InChI=1S/C23H19N3O2/c1-16-6-4-9-20(12-16)26(23(28)18-8-5-11-24-14-18)15-19-13-17-7-2-3-10-21(17)25-22(19)27/h2-14H,15H2,1H3,(H,25,27). The molecule has 0 bridgehead atoms. The molecule has 1 N–H and O–H groups in total. The molecule has 0 aliphatic carbocycles. The highest BCUT2D eigenvalue weighted by atomic mass is 16.2. The number of rotatable bonds is 4. The summed E-state index contributed by atoms with van der Waals surface area (Å²) >= 11 is 0. The number of carbonyl (C=O) groups is 1. The molecule has 5 nitrogen and oxygen atoms in total. The molecule has 2 heterocycles. The maximum Gasteiger partial charge on any atom is 0.260 e. The fourth-order valence-electron chi connectivity index (χ4n) is 3.20. The number of para-hydroxylation sites is 1. The van der Waals surface area contributed by atoms with Crippen molar-refractivity contribution in [2.75, 3.05) is 4.90 Å². The van der Waals surface area contributed by atoms with Crippen LogP contribution in [0.4, 0.5) is 5.69 Å². The van der Waals surface area contributed by atoms with Gasteiger partial charge in [-0.1, -0.05) is 30.3 Å². The number of nitrogens with one attached hydrogen (secondary N) is 1. The lowest BCUT2D eigenvalue weighted by Crippen LogP contribution is -2.33. The molecular weight excluding hydrogens is 350 g/mol. The molecule has 0 aliphatic heterocycles. The lowest BCUT2D eigenvalue weighted by atomic mass is 10.1. The lowest BCUT2D eigenvalue weighted by Gasteiger charge is -2.23. The smallest absolute Gasteiger partial charge is 0.260 e. The number of aromatic nitrogens is 2. The first kappa shape index (κ1) is 17.7. The van der Waals surface area contributed by atoms with E-state index < -0.39 is 0 Å². The fourth-order valence-corrected chi connectivity index (χ4v) is 3.20. The lowest BCUT2D eigenvalue weighted by molar-refractivity contribution is 0.0984. The van der Waals surface area contributed by atoms with Crippen molar-refractivity contribution in [3.63, 3.8) is 0 Å². The Kier molecular flexibility index (Phi) is 4.72. The van der Waals surface area contributed by atoms with Crippen LogP contribution < -0.4 is 10.5 Å². The van der Waals surface area contributed by atoms with Gasteiger partial charge >= 0.3 is 0 Å². The zero-order valence-electron chi connectivity index (χ0n) is 15.4. The molecular formula is C23H19N3O2. The number of pyridine rings is 2. The number of fused-ring (bicyclic) bond motifs is 1. The number of carbonyl (C=O) groups excluding carboxylic acids is 1. The fraction of sp³-hybridized carbons (Fsp3) is 0.0870. The van der Waals surface area contributed by atoms with E-state index in [1.54, 1.807) is 23.2 Å². The number of hydrogen-bond donors (Lipinski definition) is 1. The van der Waals surface area contributed by atoms with Gasteiger partial charge in [0.15, 0.2) is 0 Å². The normalized spacial score (nSPS) is 10.8. The summed E-state index contributed by atoms with van der Waals surface area (Å²) in [6.45, 7) is 2.14. The van der Waals surface area contributed by atoms with E-state index in [9.17, 15) is 9.59 Å². The number of nitrogens with zero attached hydrogens (tertiary/aromatic N) is 2. The van der Waals surface area contributed by atoms with E-state index in [0.29, 0.717) is 11.1 Å².